The molecule has 0 bridgehead atoms. The minimum Gasteiger partial charge on any atom is -0.487 e. The molecule has 1 atom stereocenters. The molecule has 1 aliphatic heterocycles. The summed E-state index contributed by atoms with van der Waals surface area (Å²) < 4.78 is 38.4. The van der Waals surface area contributed by atoms with Crippen molar-refractivity contribution in [3.63, 3.8) is 0 Å². The lowest BCUT2D eigenvalue weighted by atomic mass is 10.3. The van der Waals surface area contributed by atoms with Gasteiger partial charge < -0.3 is 9.47 Å². The standard InChI is InChI=1S/C17H18ClNO4S/c18-14-6-8-17(9-7-14)24(20,21)19-10-11-22-13-16(12-19)23-15-4-2-1-3-5-15/h1-9,16H,10-13H2. The Morgan fingerprint density at radius 3 is 2.50 bits per heavy atom. The summed E-state index contributed by atoms with van der Waals surface area (Å²) in [4.78, 5) is 0.215. The molecule has 1 aliphatic rings. The van der Waals surface area contributed by atoms with Gasteiger partial charge in [0.2, 0.25) is 10.0 Å². The van der Waals surface area contributed by atoms with E-state index in [1.165, 1.54) is 16.4 Å². The van der Waals surface area contributed by atoms with Gasteiger partial charge in [0.15, 0.2) is 0 Å². The molecule has 1 unspecified atom stereocenters. The third-order valence-corrected chi connectivity index (χ3v) is 5.82. The minimum atomic E-state index is -3.61. The highest BCUT2D eigenvalue weighted by molar-refractivity contribution is 7.89. The zero-order chi connectivity index (χ0) is 17.0. The van der Waals surface area contributed by atoms with Gasteiger partial charge in [0, 0.05) is 11.6 Å². The molecule has 0 N–H and O–H groups in total. The molecule has 1 saturated heterocycles. The number of hydrogen-bond acceptors (Lipinski definition) is 4. The van der Waals surface area contributed by atoms with Crippen molar-refractivity contribution in [1.29, 1.82) is 0 Å². The lowest BCUT2D eigenvalue weighted by Gasteiger charge is -2.23. The third-order valence-electron chi connectivity index (χ3n) is 3.69. The van der Waals surface area contributed by atoms with Gasteiger partial charge in [0.05, 0.1) is 24.7 Å². The van der Waals surface area contributed by atoms with Crippen LogP contribution in [0, 0.1) is 0 Å². The number of halogens is 1. The van der Waals surface area contributed by atoms with Crippen molar-refractivity contribution < 1.29 is 17.9 Å². The van der Waals surface area contributed by atoms with Crippen molar-refractivity contribution in [3.8, 4) is 5.75 Å². The van der Waals surface area contributed by atoms with E-state index in [-0.39, 0.29) is 17.5 Å². The maximum Gasteiger partial charge on any atom is 0.243 e. The topological polar surface area (TPSA) is 55.8 Å². The highest BCUT2D eigenvalue weighted by atomic mass is 35.5. The molecule has 7 heteroatoms. The first kappa shape index (κ1) is 17.2. The van der Waals surface area contributed by atoms with E-state index in [0.717, 1.165) is 0 Å². The van der Waals surface area contributed by atoms with E-state index in [2.05, 4.69) is 0 Å². The normalized spacial score (nSPS) is 19.6. The summed E-state index contributed by atoms with van der Waals surface area (Å²) in [6.45, 7) is 1.21. The van der Waals surface area contributed by atoms with Gasteiger partial charge in [0.1, 0.15) is 11.9 Å². The average molecular weight is 368 g/mol. The molecule has 1 heterocycles. The maximum atomic E-state index is 12.8. The molecule has 5 nitrogen and oxygen atoms in total. The van der Waals surface area contributed by atoms with E-state index < -0.39 is 10.0 Å². The van der Waals surface area contributed by atoms with Crippen LogP contribution in [0.2, 0.25) is 5.02 Å². The first-order valence-corrected chi connectivity index (χ1v) is 9.43. The number of ether oxygens (including phenoxy) is 2. The Bertz CT molecular complexity index is 765. The van der Waals surface area contributed by atoms with Gasteiger partial charge in [-0.2, -0.15) is 4.31 Å². The average Bonchev–Trinajstić information content (AvgIpc) is 2.82. The second-order valence-corrected chi connectivity index (χ2v) is 7.82. The van der Waals surface area contributed by atoms with E-state index in [9.17, 15) is 8.42 Å². The van der Waals surface area contributed by atoms with Crippen LogP contribution in [0.5, 0.6) is 5.75 Å². The van der Waals surface area contributed by atoms with Crippen LogP contribution in [0.3, 0.4) is 0 Å². The molecule has 0 spiro atoms. The Hall–Kier alpha value is -1.60. The van der Waals surface area contributed by atoms with Gasteiger partial charge in [-0.25, -0.2) is 8.42 Å². The summed E-state index contributed by atoms with van der Waals surface area (Å²) in [7, 11) is -3.61. The number of benzene rings is 2. The fraction of sp³-hybridized carbons (Fsp3) is 0.294. The number of rotatable bonds is 4. The number of sulfonamides is 1. The summed E-state index contributed by atoms with van der Waals surface area (Å²) in [5.74, 6) is 0.692. The Kier molecular flexibility index (Phi) is 5.40. The second-order valence-electron chi connectivity index (χ2n) is 5.44. The van der Waals surface area contributed by atoms with Crippen LogP contribution in [0.4, 0.5) is 0 Å². The van der Waals surface area contributed by atoms with Gasteiger partial charge in [-0.3, -0.25) is 0 Å². The first-order valence-electron chi connectivity index (χ1n) is 7.61. The van der Waals surface area contributed by atoms with Gasteiger partial charge in [-0.15, -0.1) is 0 Å². The predicted molar refractivity (Wildman–Crippen MR) is 91.9 cm³/mol. The van der Waals surface area contributed by atoms with Crippen LogP contribution in [0.1, 0.15) is 0 Å². The minimum absolute atomic E-state index is 0.215. The van der Waals surface area contributed by atoms with Crippen molar-refractivity contribution in [1.82, 2.24) is 4.31 Å². The van der Waals surface area contributed by atoms with E-state index >= 15 is 0 Å². The van der Waals surface area contributed by atoms with Crippen LogP contribution < -0.4 is 4.74 Å². The summed E-state index contributed by atoms with van der Waals surface area (Å²) in [5, 5.41) is 0.499. The Labute approximate surface area is 146 Å². The van der Waals surface area contributed by atoms with Crippen molar-refractivity contribution in [3.05, 3.63) is 59.6 Å². The first-order chi connectivity index (χ1) is 11.6. The van der Waals surface area contributed by atoms with Crippen molar-refractivity contribution in [2.24, 2.45) is 0 Å². The molecule has 128 valence electrons. The maximum absolute atomic E-state index is 12.8. The Balaban J connectivity index is 1.78. The van der Waals surface area contributed by atoms with E-state index in [1.807, 2.05) is 30.3 Å². The molecule has 0 radical (unpaired) electrons. The number of hydrogen-bond donors (Lipinski definition) is 0. The van der Waals surface area contributed by atoms with E-state index in [0.29, 0.717) is 30.5 Å². The molecular weight excluding hydrogens is 350 g/mol. The number of para-hydroxylation sites is 1. The predicted octanol–water partition coefficient (Wildman–Crippen LogP) is 2.81. The summed E-state index contributed by atoms with van der Waals surface area (Å²) in [6.07, 6.45) is -0.364. The summed E-state index contributed by atoms with van der Waals surface area (Å²) in [5.41, 5.74) is 0. The molecule has 2 aromatic rings. The Morgan fingerprint density at radius 2 is 1.79 bits per heavy atom. The smallest absolute Gasteiger partial charge is 0.243 e. The number of nitrogens with zero attached hydrogens (tertiary/aromatic N) is 1. The molecule has 0 saturated carbocycles. The summed E-state index contributed by atoms with van der Waals surface area (Å²) >= 11 is 5.84. The van der Waals surface area contributed by atoms with Gasteiger partial charge in [-0.05, 0) is 36.4 Å². The molecule has 3 rings (SSSR count). The highest BCUT2D eigenvalue weighted by Gasteiger charge is 2.30. The zero-order valence-corrected chi connectivity index (χ0v) is 14.5. The molecule has 1 fully saturated rings. The molecule has 0 aliphatic carbocycles. The molecule has 2 aromatic carbocycles. The monoisotopic (exact) mass is 367 g/mol. The lowest BCUT2D eigenvalue weighted by molar-refractivity contribution is 0.0723. The van der Waals surface area contributed by atoms with Crippen LogP contribution in [-0.4, -0.2) is 45.1 Å². The van der Waals surface area contributed by atoms with Gasteiger partial charge >= 0.3 is 0 Å². The quantitative estimate of drug-likeness (QED) is 0.833. The van der Waals surface area contributed by atoms with Crippen LogP contribution in [0.25, 0.3) is 0 Å². The van der Waals surface area contributed by atoms with Crippen molar-refractivity contribution in [2.75, 3.05) is 26.3 Å². The molecule has 24 heavy (non-hydrogen) atoms. The fourth-order valence-corrected chi connectivity index (χ4v) is 4.07. The largest absolute Gasteiger partial charge is 0.487 e. The van der Waals surface area contributed by atoms with Crippen LogP contribution in [0.15, 0.2) is 59.5 Å². The van der Waals surface area contributed by atoms with E-state index in [4.69, 9.17) is 21.1 Å². The highest BCUT2D eigenvalue weighted by Crippen LogP contribution is 2.21. The van der Waals surface area contributed by atoms with Crippen molar-refractivity contribution in [2.45, 2.75) is 11.0 Å². The third kappa shape index (κ3) is 4.08. The fourth-order valence-electron chi connectivity index (χ4n) is 2.49. The summed E-state index contributed by atoms with van der Waals surface area (Å²) in [6, 6.07) is 15.5. The van der Waals surface area contributed by atoms with E-state index in [1.54, 1.807) is 12.1 Å². The lowest BCUT2D eigenvalue weighted by Crippen LogP contribution is -2.39. The van der Waals surface area contributed by atoms with Crippen LogP contribution >= 0.6 is 11.6 Å². The second kappa shape index (κ2) is 7.53. The van der Waals surface area contributed by atoms with Crippen LogP contribution in [-0.2, 0) is 14.8 Å². The SMILES string of the molecule is O=S(=O)(c1ccc(Cl)cc1)N1CCOCC(Oc2ccccc2)C1. The molecule has 0 amide bonds. The molecule has 0 aromatic heterocycles. The molecular formula is C17H18ClNO4S. The zero-order valence-electron chi connectivity index (χ0n) is 13.0. The Morgan fingerprint density at radius 1 is 1.08 bits per heavy atom. The van der Waals surface area contributed by atoms with Gasteiger partial charge in [0.25, 0.3) is 0 Å². The van der Waals surface area contributed by atoms with Crippen molar-refractivity contribution >= 4 is 21.6 Å². The van der Waals surface area contributed by atoms with Gasteiger partial charge in [-0.1, -0.05) is 29.8 Å².